The van der Waals surface area contributed by atoms with Gasteiger partial charge in [-0.15, -0.1) is 11.3 Å². The largest absolute Gasteiger partial charge is 0.493 e. The lowest BCUT2D eigenvalue weighted by Crippen LogP contribution is -2.20. The first-order chi connectivity index (χ1) is 14.6. The number of methoxy groups -OCH3 is 1. The molecule has 0 saturated heterocycles. The lowest BCUT2D eigenvalue weighted by Gasteiger charge is -2.08. The number of aryl methyl sites for hydroxylation is 1. The Kier molecular flexibility index (Phi) is 7.19. The molecule has 1 aromatic heterocycles. The average molecular weight is 420 g/mol. The summed E-state index contributed by atoms with van der Waals surface area (Å²) in [7, 11) is 1.52. The number of rotatable bonds is 8. The van der Waals surface area contributed by atoms with Crippen molar-refractivity contribution in [1.29, 1.82) is 5.26 Å². The third kappa shape index (κ3) is 5.69. The van der Waals surface area contributed by atoms with Crippen molar-refractivity contribution in [3.05, 3.63) is 70.1 Å². The zero-order valence-electron chi connectivity index (χ0n) is 16.7. The second-order valence-electron chi connectivity index (χ2n) is 6.36. The monoisotopic (exact) mass is 419 g/mol. The van der Waals surface area contributed by atoms with Gasteiger partial charge in [0.1, 0.15) is 6.07 Å². The van der Waals surface area contributed by atoms with Crippen LogP contribution in [0.2, 0.25) is 0 Å². The van der Waals surface area contributed by atoms with Crippen LogP contribution in [-0.2, 0) is 11.3 Å². The zero-order valence-corrected chi connectivity index (χ0v) is 17.5. The Morgan fingerprint density at radius 3 is 2.70 bits per heavy atom. The molecule has 1 N–H and O–H groups in total. The second-order valence-corrected chi connectivity index (χ2v) is 7.42. The molecule has 0 unspecified atom stereocenters. The van der Waals surface area contributed by atoms with Crippen molar-refractivity contribution in [2.24, 2.45) is 0 Å². The van der Waals surface area contributed by atoms with E-state index in [4.69, 9.17) is 14.7 Å². The van der Waals surface area contributed by atoms with E-state index in [2.05, 4.69) is 10.3 Å². The fourth-order valence-electron chi connectivity index (χ4n) is 2.73. The summed E-state index contributed by atoms with van der Waals surface area (Å²) < 4.78 is 10.6. The van der Waals surface area contributed by atoms with Gasteiger partial charge in [-0.25, -0.2) is 4.98 Å². The maximum absolute atomic E-state index is 12.1. The molecule has 0 atom stereocenters. The molecular formula is C23H21N3O3S. The van der Waals surface area contributed by atoms with Crippen LogP contribution < -0.4 is 14.8 Å². The molecule has 2 aromatic carbocycles. The number of carbonyl (C=O) groups excluding carboxylic acids is 1. The van der Waals surface area contributed by atoms with Crippen LogP contribution in [0.15, 0.2) is 53.9 Å². The molecule has 0 aliphatic heterocycles. The molecule has 1 amide bonds. The lowest BCUT2D eigenvalue weighted by atomic mass is 10.1. The molecule has 3 rings (SSSR count). The molecule has 7 heteroatoms. The van der Waals surface area contributed by atoms with Gasteiger partial charge in [0, 0.05) is 23.6 Å². The quantitative estimate of drug-likeness (QED) is 0.549. The summed E-state index contributed by atoms with van der Waals surface area (Å²) in [6.07, 6.45) is 3.16. The van der Waals surface area contributed by atoms with E-state index in [0.717, 1.165) is 27.4 Å². The number of aromatic nitrogens is 1. The van der Waals surface area contributed by atoms with E-state index in [1.807, 2.05) is 42.6 Å². The Morgan fingerprint density at radius 1 is 1.23 bits per heavy atom. The molecule has 0 aliphatic rings. The van der Waals surface area contributed by atoms with E-state index in [1.54, 1.807) is 35.6 Å². The van der Waals surface area contributed by atoms with Gasteiger partial charge in [-0.3, -0.25) is 4.79 Å². The number of ether oxygens (including phenoxy) is 2. The molecule has 30 heavy (non-hydrogen) atoms. The number of hydrogen-bond acceptors (Lipinski definition) is 6. The van der Waals surface area contributed by atoms with Crippen LogP contribution in [0.4, 0.5) is 0 Å². The van der Waals surface area contributed by atoms with Crippen molar-refractivity contribution < 1.29 is 14.3 Å². The number of nitrogens with one attached hydrogen (secondary N) is 1. The van der Waals surface area contributed by atoms with Crippen LogP contribution >= 0.6 is 11.3 Å². The van der Waals surface area contributed by atoms with Crippen molar-refractivity contribution in [3.63, 3.8) is 0 Å². The summed E-state index contributed by atoms with van der Waals surface area (Å²) in [5.41, 5.74) is 3.82. The van der Waals surface area contributed by atoms with Crippen molar-refractivity contribution >= 4 is 23.3 Å². The minimum Gasteiger partial charge on any atom is -0.493 e. The summed E-state index contributed by atoms with van der Waals surface area (Å²) in [5.74, 6) is 0.790. The van der Waals surface area contributed by atoms with E-state index >= 15 is 0 Å². The molecule has 0 bridgehead atoms. The molecule has 0 fully saturated rings. The van der Waals surface area contributed by atoms with Crippen molar-refractivity contribution in [2.45, 2.75) is 13.5 Å². The average Bonchev–Trinajstić information content (AvgIpc) is 3.21. The number of hydrogen-bond donors (Lipinski definition) is 1. The Morgan fingerprint density at radius 2 is 2.03 bits per heavy atom. The highest BCUT2D eigenvalue weighted by Gasteiger charge is 2.05. The summed E-state index contributed by atoms with van der Waals surface area (Å²) in [5, 5.41) is 14.6. The van der Waals surface area contributed by atoms with Gasteiger partial charge in [0.15, 0.2) is 18.1 Å². The van der Waals surface area contributed by atoms with Gasteiger partial charge in [0.25, 0.3) is 0 Å². The van der Waals surface area contributed by atoms with E-state index in [0.29, 0.717) is 18.0 Å². The Bertz CT molecular complexity index is 1080. The summed E-state index contributed by atoms with van der Waals surface area (Å²) in [4.78, 5) is 16.6. The fourth-order valence-corrected chi connectivity index (χ4v) is 3.35. The van der Waals surface area contributed by atoms with Crippen LogP contribution in [0, 0.1) is 18.3 Å². The normalized spacial score (nSPS) is 10.6. The number of amides is 1. The third-order valence-electron chi connectivity index (χ3n) is 4.24. The molecule has 1 heterocycles. The predicted octanol–water partition coefficient (Wildman–Crippen LogP) is 4.36. The molecule has 0 saturated carbocycles. The number of carbonyl (C=O) groups is 1. The van der Waals surface area contributed by atoms with E-state index in [9.17, 15) is 4.79 Å². The molecule has 152 valence electrons. The molecular weight excluding hydrogens is 398 g/mol. The van der Waals surface area contributed by atoms with E-state index in [1.165, 1.54) is 13.2 Å². The van der Waals surface area contributed by atoms with Gasteiger partial charge in [0.05, 0.1) is 17.8 Å². The Labute approximate surface area is 179 Å². The highest BCUT2D eigenvalue weighted by Crippen LogP contribution is 2.28. The van der Waals surface area contributed by atoms with Crippen LogP contribution in [-0.4, -0.2) is 24.6 Å². The second kappa shape index (κ2) is 10.2. The standard InChI is InChI=1S/C23H21N3O3S/c1-16-26-20(15-30-16)19-7-3-18(4-8-19)14-25-23(27)10-6-17-5-9-21(29-12-11-24)22(13-17)28-2/h3-10,13,15H,12,14H2,1-2H3,(H,25,27)/b10-6+. The van der Waals surface area contributed by atoms with Gasteiger partial charge in [0.2, 0.25) is 5.91 Å². The topological polar surface area (TPSA) is 84.2 Å². The lowest BCUT2D eigenvalue weighted by molar-refractivity contribution is -0.116. The maximum Gasteiger partial charge on any atom is 0.244 e. The van der Waals surface area contributed by atoms with Gasteiger partial charge in [-0.2, -0.15) is 5.26 Å². The first-order valence-corrected chi connectivity index (χ1v) is 10.1. The minimum absolute atomic E-state index is 0.0572. The van der Waals surface area contributed by atoms with Gasteiger partial charge in [-0.05, 0) is 36.3 Å². The van der Waals surface area contributed by atoms with E-state index < -0.39 is 0 Å². The number of thiazole rings is 1. The zero-order chi connectivity index (χ0) is 21.3. The highest BCUT2D eigenvalue weighted by molar-refractivity contribution is 7.09. The van der Waals surface area contributed by atoms with E-state index in [-0.39, 0.29) is 12.5 Å². The number of nitrogens with zero attached hydrogens (tertiary/aromatic N) is 2. The highest BCUT2D eigenvalue weighted by atomic mass is 32.1. The van der Waals surface area contributed by atoms with Crippen LogP contribution in [0.25, 0.3) is 17.3 Å². The number of benzene rings is 2. The molecule has 3 aromatic rings. The first-order valence-electron chi connectivity index (χ1n) is 9.24. The maximum atomic E-state index is 12.1. The van der Waals surface area contributed by atoms with Crippen LogP contribution in [0.3, 0.4) is 0 Å². The van der Waals surface area contributed by atoms with Crippen molar-refractivity contribution in [2.75, 3.05) is 13.7 Å². The summed E-state index contributed by atoms with van der Waals surface area (Å²) >= 11 is 1.62. The smallest absolute Gasteiger partial charge is 0.244 e. The Hall–Kier alpha value is -3.63. The van der Waals surface area contributed by atoms with Crippen LogP contribution in [0.5, 0.6) is 11.5 Å². The number of nitriles is 1. The summed E-state index contributed by atoms with van der Waals surface area (Å²) in [6.45, 7) is 2.36. The molecule has 0 radical (unpaired) electrons. The first kappa shape index (κ1) is 21.1. The van der Waals surface area contributed by atoms with Gasteiger partial charge < -0.3 is 14.8 Å². The molecule has 0 aliphatic carbocycles. The minimum atomic E-state index is -0.196. The molecule has 0 spiro atoms. The van der Waals surface area contributed by atoms with Crippen molar-refractivity contribution in [1.82, 2.24) is 10.3 Å². The SMILES string of the molecule is COc1cc(/C=C/C(=O)NCc2ccc(-c3csc(C)n3)cc2)ccc1OCC#N. The fraction of sp³-hybridized carbons (Fsp3) is 0.174. The van der Waals surface area contributed by atoms with Crippen molar-refractivity contribution in [3.8, 4) is 28.8 Å². The van der Waals surface area contributed by atoms with Gasteiger partial charge >= 0.3 is 0 Å². The third-order valence-corrected chi connectivity index (χ3v) is 5.02. The van der Waals surface area contributed by atoms with Crippen LogP contribution in [0.1, 0.15) is 16.1 Å². The summed E-state index contributed by atoms with van der Waals surface area (Å²) in [6, 6.07) is 15.1. The Balaban J connectivity index is 1.55. The predicted molar refractivity (Wildman–Crippen MR) is 117 cm³/mol. The molecule has 6 nitrogen and oxygen atoms in total. The van der Waals surface area contributed by atoms with Gasteiger partial charge in [-0.1, -0.05) is 30.3 Å².